The SMILES string of the molecule is CCCc1ccc(C2(C)NC(=O)N(CC(=O)Nc3c(C)cc(C)cc3Cl)C2=O)cc1. The number of hydrogen-bond donors (Lipinski definition) is 2. The van der Waals surface area contributed by atoms with Crippen LogP contribution in [0.3, 0.4) is 0 Å². The highest BCUT2D eigenvalue weighted by Gasteiger charge is 2.49. The van der Waals surface area contributed by atoms with E-state index in [2.05, 4.69) is 17.6 Å². The molecule has 2 aromatic carbocycles. The molecule has 4 amide bonds. The molecule has 2 N–H and O–H groups in total. The average molecular weight is 428 g/mol. The van der Waals surface area contributed by atoms with Gasteiger partial charge in [-0.05, 0) is 55.5 Å². The molecule has 7 heteroatoms. The summed E-state index contributed by atoms with van der Waals surface area (Å²) in [4.78, 5) is 39.1. The van der Waals surface area contributed by atoms with Crippen molar-refractivity contribution in [3.8, 4) is 0 Å². The number of carbonyl (C=O) groups is 3. The van der Waals surface area contributed by atoms with Crippen molar-refractivity contribution in [2.24, 2.45) is 0 Å². The van der Waals surface area contributed by atoms with Crippen LogP contribution < -0.4 is 10.6 Å². The summed E-state index contributed by atoms with van der Waals surface area (Å²) in [6, 6.07) is 10.7. The summed E-state index contributed by atoms with van der Waals surface area (Å²) in [6.45, 7) is 7.11. The van der Waals surface area contributed by atoms with Crippen molar-refractivity contribution in [1.82, 2.24) is 10.2 Å². The van der Waals surface area contributed by atoms with Crippen LogP contribution in [0.5, 0.6) is 0 Å². The molecule has 1 aliphatic rings. The zero-order chi connectivity index (χ0) is 22.1. The first-order chi connectivity index (χ1) is 14.2. The third-order valence-corrected chi connectivity index (χ3v) is 5.64. The van der Waals surface area contributed by atoms with Crippen LogP contribution in [0.4, 0.5) is 10.5 Å². The number of halogens is 1. The van der Waals surface area contributed by atoms with Gasteiger partial charge in [0, 0.05) is 0 Å². The molecule has 0 spiro atoms. The molecule has 0 aliphatic carbocycles. The van der Waals surface area contributed by atoms with E-state index in [1.807, 2.05) is 44.2 Å². The summed E-state index contributed by atoms with van der Waals surface area (Å²) in [5, 5.41) is 5.86. The van der Waals surface area contributed by atoms with Gasteiger partial charge in [0.1, 0.15) is 12.1 Å². The van der Waals surface area contributed by atoms with Crippen molar-refractivity contribution in [2.75, 3.05) is 11.9 Å². The Hall–Kier alpha value is -2.86. The van der Waals surface area contributed by atoms with E-state index in [0.29, 0.717) is 16.3 Å². The number of nitrogens with zero attached hydrogens (tertiary/aromatic N) is 1. The van der Waals surface area contributed by atoms with Gasteiger partial charge in [0.25, 0.3) is 5.91 Å². The maximum atomic E-state index is 13.1. The molecule has 6 nitrogen and oxygen atoms in total. The highest BCUT2D eigenvalue weighted by molar-refractivity contribution is 6.34. The Morgan fingerprint density at radius 3 is 2.43 bits per heavy atom. The summed E-state index contributed by atoms with van der Waals surface area (Å²) in [6.07, 6.45) is 1.98. The molecular formula is C23H26ClN3O3. The van der Waals surface area contributed by atoms with Crippen molar-refractivity contribution >= 4 is 35.1 Å². The molecule has 1 fully saturated rings. The molecule has 1 aliphatic heterocycles. The zero-order valence-electron chi connectivity index (χ0n) is 17.6. The van der Waals surface area contributed by atoms with E-state index in [9.17, 15) is 14.4 Å². The van der Waals surface area contributed by atoms with Gasteiger partial charge in [-0.2, -0.15) is 0 Å². The number of amides is 4. The Kier molecular flexibility index (Phi) is 6.17. The van der Waals surface area contributed by atoms with Gasteiger partial charge in [-0.25, -0.2) is 4.79 Å². The molecule has 2 aromatic rings. The van der Waals surface area contributed by atoms with Gasteiger partial charge in [-0.3, -0.25) is 14.5 Å². The Bertz CT molecular complexity index is 980. The number of nitrogens with one attached hydrogen (secondary N) is 2. The fourth-order valence-electron chi connectivity index (χ4n) is 3.73. The zero-order valence-corrected chi connectivity index (χ0v) is 18.4. The largest absolute Gasteiger partial charge is 0.325 e. The predicted molar refractivity (Wildman–Crippen MR) is 118 cm³/mol. The summed E-state index contributed by atoms with van der Waals surface area (Å²) in [5.41, 5.74) is 2.91. The van der Waals surface area contributed by atoms with Crippen LogP contribution >= 0.6 is 11.6 Å². The summed E-state index contributed by atoms with van der Waals surface area (Å²) in [5.74, 6) is -0.951. The van der Waals surface area contributed by atoms with E-state index in [-0.39, 0.29) is 0 Å². The number of anilines is 1. The Morgan fingerprint density at radius 2 is 1.83 bits per heavy atom. The molecule has 1 heterocycles. The highest BCUT2D eigenvalue weighted by Crippen LogP contribution is 2.30. The van der Waals surface area contributed by atoms with Gasteiger partial charge in [0.05, 0.1) is 10.7 Å². The predicted octanol–water partition coefficient (Wildman–Crippen LogP) is 4.32. The lowest BCUT2D eigenvalue weighted by Crippen LogP contribution is -2.42. The number of rotatable bonds is 6. The van der Waals surface area contributed by atoms with E-state index < -0.39 is 29.9 Å². The lowest BCUT2D eigenvalue weighted by Gasteiger charge is -2.22. The first-order valence-corrected chi connectivity index (χ1v) is 10.3. The fraction of sp³-hybridized carbons (Fsp3) is 0.348. The first kappa shape index (κ1) is 21.8. The van der Waals surface area contributed by atoms with Crippen molar-refractivity contribution in [2.45, 2.75) is 46.1 Å². The van der Waals surface area contributed by atoms with Gasteiger partial charge >= 0.3 is 6.03 Å². The minimum absolute atomic E-state index is 0.391. The van der Waals surface area contributed by atoms with Crippen LogP contribution in [0.25, 0.3) is 0 Å². The standard InChI is InChI=1S/C23H26ClN3O3/c1-5-6-16-7-9-17(10-8-16)23(4)21(29)27(22(30)26-23)13-19(28)25-20-15(3)11-14(2)12-18(20)24/h7-12H,5-6,13H2,1-4H3,(H,25,28)(H,26,30). The number of hydrogen-bond acceptors (Lipinski definition) is 3. The van der Waals surface area contributed by atoms with Gasteiger partial charge in [0.2, 0.25) is 5.91 Å². The van der Waals surface area contributed by atoms with E-state index in [0.717, 1.165) is 28.9 Å². The lowest BCUT2D eigenvalue weighted by atomic mass is 9.91. The van der Waals surface area contributed by atoms with Crippen molar-refractivity contribution < 1.29 is 14.4 Å². The fourth-order valence-corrected chi connectivity index (χ4v) is 4.09. The van der Waals surface area contributed by atoms with E-state index >= 15 is 0 Å². The van der Waals surface area contributed by atoms with Crippen LogP contribution in [0.2, 0.25) is 5.02 Å². The highest BCUT2D eigenvalue weighted by atomic mass is 35.5. The summed E-state index contributed by atoms with van der Waals surface area (Å²) in [7, 11) is 0. The van der Waals surface area contributed by atoms with Crippen LogP contribution in [-0.2, 0) is 21.5 Å². The maximum absolute atomic E-state index is 13.1. The van der Waals surface area contributed by atoms with E-state index in [4.69, 9.17) is 11.6 Å². The third kappa shape index (κ3) is 4.19. The molecule has 1 unspecified atom stereocenters. The van der Waals surface area contributed by atoms with Gasteiger partial charge in [-0.15, -0.1) is 0 Å². The second kappa shape index (κ2) is 8.48. The Morgan fingerprint density at radius 1 is 1.17 bits per heavy atom. The molecule has 0 saturated carbocycles. The number of aryl methyl sites for hydroxylation is 3. The molecule has 1 atom stereocenters. The quantitative estimate of drug-likeness (QED) is 0.674. The molecule has 3 rings (SSSR count). The minimum Gasteiger partial charge on any atom is -0.323 e. The van der Waals surface area contributed by atoms with Crippen LogP contribution in [0.1, 0.15) is 42.5 Å². The number of benzene rings is 2. The number of carbonyl (C=O) groups excluding carboxylic acids is 3. The van der Waals surface area contributed by atoms with Crippen LogP contribution in [-0.4, -0.2) is 29.3 Å². The molecule has 1 saturated heterocycles. The molecule has 158 valence electrons. The average Bonchev–Trinajstić information content (AvgIpc) is 2.89. The second-order valence-electron chi connectivity index (χ2n) is 7.88. The van der Waals surface area contributed by atoms with Crippen molar-refractivity contribution in [3.63, 3.8) is 0 Å². The first-order valence-electron chi connectivity index (χ1n) is 9.96. The molecule has 30 heavy (non-hydrogen) atoms. The van der Waals surface area contributed by atoms with Gasteiger partial charge in [-0.1, -0.05) is 55.3 Å². The summed E-state index contributed by atoms with van der Waals surface area (Å²) < 4.78 is 0. The molecule has 0 aromatic heterocycles. The topological polar surface area (TPSA) is 78.5 Å². The number of urea groups is 1. The molecule has 0 radical (unpaired) electrons. The van der Waals surface area contributed by atoms with Gasteiger partial charge < -0.3 is 10.6 Å². The lowest BCUT2D eigenvalue weighted by molar-refractivity contribution is -0.133. The van der Waals surface area contributed by atoms with Crippen molar-refractivity contribution in [1.29, 1.82) is 0 Å². The third-order valence-electron chi connectivity index (χ3n) is 5.34. The monoisotopic (exact) mass is 427 g/mol. The van der Waals surface area contributed by atoms with Crippen LogP contribution in [0, 0.1) is 13.8 Å². The molecule has 0 bridgehead atoms. The summed E-state index contributed by atoms with van der Waals surface area (Å²) >= 11 is 6.24. The minimum atomic E-state index is -1.21. The molecular weight excluding hydrogens is 402 g/mol. The normalized spacial score (nSPS) is 18.5. The second-order valence-corrected chi connectivity index (χ2v) is 8.29. The van der Waals surface area contributed by atoms with Crippen LogP contribution in [0.15, 0.2) is 36.4 Å². The Labute approximate surface area is 181 Å². The van der Waals surface area contributed by atoms with E-state index in [1.165, 1.54) is 5.56 Å². The van der Waals surface area contributed by atoms with E-state index in [1.54, 1.807) is 13.0 Å². The maximum Gasteiger partial charge on any atom is 0.325 e. The number of imide groups is 1. The Balaban J connectivity index is 1.75. The van der Waals surface area contributed by atoms with Crippen molar-refractivity contribution in [3.05, 3.63) is 63.7 Å². The smallest absolute Gasteiger partial charge is 0.323 e. The van der Waals surface area contributed by atoms with Gasteiger partial charge in [0.15, 0.2) is 0 Å².